The molecule has 1 N–H and O–H groups in total. The van der Waals surface area contributed by atoms with Crippen molar-refractivity contribution < 1.29 is 9.32 Å². The first-order chi connectivity index (χ1) is 14.6. The number of carbonyl (C=O) groups is 1. The van der Waals surface area contributed by atoms with Crippen molar-refractivity contribution in [3.63, 3.8) is 0 Å². The summed E-state index contributed by atoms with van der Waals surface area (Å²) in [5.74, 6) is 1.38. The Morgan fingerprint density at radius 1 is 1.20 bits per heavy atom. The fraction of sp³-hybridized carbons (Fsp3) is 0.455. The van der Waals surface area contributed by atoms with Gasteiger partial charge in [0.15, 0.2) is 5.82 Å². The molecule has 8 nitrogen and oxygen atoms in total. The molecule has 1 saturated heterocycles. The molecule has 1 aromatic carbocycles. The third-order valence-corrected chi connectivity index (χ3v) is 5.66. The van der Waals surface area contributed by atoms with Crippen molar-refractivity contribution in [3.05, 3.63) is 53.8 Å². The van der Waals surface area contributed by atoms with Crippen LogP contribution in [0.3, 0.4) is 0 Å². The Labute approximate surface area is 176 Å². The number of nitrogens with one attached hydrogen (secondary N) is 1. The Balaban J connectivity index is 1.21. The molecule has 4 rings (SSSR count). The molecular weight excluding hydrogens is 380 g/mol. The Bertz CT molecular complexity index is 991. The van der Waals surface area contributed by atoms with Crippen LogP contribution in [0.4, 0.5) is 0 Å². The van der Waals surface area contributed by atoms with Crippen LogP contribution in [0.1, 0.15) is 30.2 Å². The summed E-state index contributed by atoms with van der Waals surface area (Å²) >= 11 is 0. The Morgan fingerprint density at radius 3 is 2.77 bits per heavy atom. The SMILES string of the molecule is Cc1noc(C(C)N2CCN(CC(=O)NCCc3cccc4cccnc34)CC2)n1. The predicted molar refractivity (Wildman–Crippen MR) is 114 cm³/mol. The van der Waals surface area contributed by atoms with Crippen molar-refractivity contribution in [1.82, 2.24) is 30.2 Å². The van der Waals surface area contributed by atoms with Crippen molar-refractivity contribution in [3.8, 4) is 0 Å². The van der Waals surface area contributed by atoms with Gasteiger partial charge in [-0.15, -0.1) is 0 Å². The summed E-state index contributed by atoms with van der Waals surface area (Å²) in [5, 5.41) is 8.05. The maximum Gasteiger partial charge on any atom is 0.243 e. The standard InChI is InChI=1S/C22H28N6O2/c1-16(22-25-17(2)26-30-22)28-13-11-27(12-14-28)15-20(29)23-10-8-19-6-3-5-18-7-4-9-24-21(18)19/h3-7,9,16H,8,10-15H2,1-2H3,(H,23,29). The van der Waals surface area contributed by atoms with Gasteiger partial charge >= 0.3 is 0 Å². The number of rotatable bonds is 7. The van der Waals surface area contributed by atoms with Gasteiger partial charge in [0.25, 0.3) is 0 Å². The zero-order valence-corrected chi connectivity index (χ0v) is 17.5. The largest absolute Gasteiger partial charge is 0.355 e. The van der Waals surface area contributed by atoms with Crippen LogP contribution in [0.15, 0.2) is 41.1 Å². The normalized spacial score (nSPS) is 16.6. The minimum absolute atomic E-state index is 0.0669. The van der Waals surface area contributed by atoms with E-state index in [4.69, 9.17) is 4.52 Å². The summed E-state index contributed by atoms with van der Waals surface area (Å²) < 4.78 is 5.29. The highest BCUT2D eigenvalue weighted by Crippen LogP contribution is 2.20. The number of nitrogens with zero attached hydrogens (tertiary/aromatic N) is 5. The molecule has 3 aromatic rings. The van der Waals surface area contributed by atoms with Crippen molar-refractivity contribution >= 4 is 16.8 Å². The van der Waals surface area contributed by atoms with Crippen molar-refractivity contribution in [2.24, 2.45) is 0 Å². The molecule has 3 heterocycles. The van der Waals surface area contributed by atoms with Crippen LogP contribution >= 0.6 is 0 Å². The maximum atomic E-state index is 12.4. The molecule has 0 spiro atoms. The fourth-order valence-corrected chi connectivity index (χ4v) is 3.91. The fourth-order valence-electron chi connectivity index (χ4n) is 3.91. The molecule has 0 bridgehead atoms. The highest BCUT2D eigenvalue weighted by molar-refractivity contribution is 5.81. The molecule has 1 fully saturated rings. The van der Waals surface area contributed by atoms with Gasteiger partial charge in [-0.3, -0.25) is 19.6 Å². The number of pyridine rings is 1. The van der Waals surface area contributed by atoms with Crippen molar-refractivity contribution in [2.75, 3.05) is 39.3 Å². The van der Waals surface area contributed by atoms with Crippen LogP contribution in [-0.2, 0) is 11.2 Å². The van der Waals surface area contributed by atoms with Gasteiger partial charge in [-0.05, 0) is 31.9 Å². The molecule has 0 saturated carbocycles. The van der Waals surface area contributed by atoms with Gasteiger partial charge in [-0.2, -0.15) is 4.98 Å². The molecule has 1 aliphatic rings. The lowest BCUT2D eigenvalue weighted by molar-refractivity contribution is -0.122. The van der Waals surface area contributed by atoms with Crippen LogP contribution in [0.25, 0.3) is 10.9 Å². The number of hydrogen-bond donors (Lipinski definition) is 1. The third kappa shape index (κ3) is 4.83. The lowest BCUT2D eigenvalue weighted by Crippen LogP contribution is -2.50. The molecule has 1 atom stereocenters. The van der Waals surface area contributed by atoms with Crippen LogP contribution in [0.2, 0.25) is 0 Å². The number of aromatic nitrogens is 3. The molecule has 30 heavy (non-hydrogen) atoms. The summed E-state index contributed by atoms with van der Waals surface area (Å²) in [6.45, 7) is 8.38. The summed E-state index contributed by atoms with van der Waals surface area (Å²) in [4.78, 5) is 25.7. The molecular formula is C22H28N6O2. The second kappa shape index (κ2) is 9.32. The number of aryl methyl sites for hydroxylation is 1. The van der Waals surface area contributed by atoms with Gasteiger partial charge in [0.05, 0.1) is 18.1 Å². The molecule has 1 aliphatic heterocycles. The van der Waals surface area contributed by atoms with E-state index in [2.05, 4.69) is 55.4 Å². The minimum atomic E-state index is 0.0669. The first kappa shape index (κ1) is 20.4. The molecule has 8 heteroatoms. The van der Waals surface area contributed by atoms with Crippen LogP contribution < -0.4 is 5.32 Å². The van der Waals surface area contributed by atoms with Crippen LogP contribution in [0, 0.1) is 6.92 Å². The van der Waals surface area contributed by atoms with E-state index in [0.717, 1.165) is 49.1 Å². The van der Waals surface area contributed by atoms with Crippen molar-refractivity contribution in [1.29, 1.82) is 0 Å². The van der Waals surface area contributed by atoms with Crippen molar-refractivity contribution in [2.45, 2.75) is 26.3 Å². The first-order valence-electron chi connectivity index (χ1n) is 10.5. The first-order valence-corrected chi connectivity index (χ1v) is 10.5. The van der Waals surface area contributed by atoms with E-state index in [-0.39, 0.29) is 11.9 Å². The highest BCUT2D eigenvalue weighted by Gasteiger charge is 2.26. The zero-order valence-electron chi connectivity index (χ0n) is 17.5. The molecule has 1 amide bonds. The van der Waals surface area contributed by atoms with Gasteiger partial charge in [-0.25, -0.2) is 0 Å². The highest BCUT2D eigenvalue weighted by atomic mass is 16.5. The summed E-state index contributed by atoms with van der Waals surface area (Å²) in [6, 6.07) is 10.3. The van der Waals surface area contributed by atoms with Gasteiger partial charge in [0.1, 0.15) is 0 Å². The van der Waals surface area contributed by atoms with E-state index in [1.165, 1.54) is 0 Å². The lowest BCUT2D eigenvalue weighted by Gasteiger charge is -2.36. The molecule has 1 unspecified atom stereocenters. The average molecular weight is 409 g/mol. The lowest BCUT2D eigenvalue weighted by atomic mass is 10.1. The number of amides is 1. The third-order valence-electron chi connectivity index (χ3n) is 5.66. The number of carbonyl (C=O) groups excluding carboxylic acids is 1. The zero-order chi connectivity index (χ0) is 20.9. The van der Waals surface area contributed by atoms with Gasteiger partial charge in [0.2, 0.25) is 11.8 Å². The van der Waals surface area contributed by atoms with Gasteiger partial charge in [0, 0.05) is 44.3 Å². The van der Waals surface area contributed by atoms with E-state index in [9.17, 15) is 4.79 Å². The average Bonchev–Trinajstić information content (AvgIpc) is 3.20. The van der Waals surface area contributed by atoms with Gasteiger partial charge < -0.3 is 9.84 Å². The smallest absolute Gasteiger partial charge is 0.243 e. The number of para-hydroxylation sites is 1. The van der Waals surface area contributed by atoms with Crippen LogP contribution in [-0.4, -0.2) is 70.1 Å². The quantitative estimate of drug-likeness (QED) is 0.639. The minimum Gasteiger partial charge on any atom is -0.355 e. The topological polar surface area (TPSA) is 87.4 Å². The number of fused-ring (bicyclic) bond motifs is 1. The van der Waals surface area contributed by atoms with E-state index >= 15 is 0 Å². The van der Waals surface area contributed by atoms with E-state index in [1.54, 1.807) is 0 Å². The molecule has 0 radical (unpaired) electrons. The van der Waals surface area contributed by atoms with E-state index in [1.807, 2.05) is 25.3 Å². The van der Waals surface area contributed by atoms with E-state index in [0.29, 0.717) is 24.8 Å². The van der Waals surface area contributed by atoms with Crippen LogP contribution in [0.5, 0.6) is 0 Å². The maximum absolute atomic E-state index is 12.4. The number of benzene rings is 1. The number of piperazine rings is 1. The monoisotopic (exact) mass is 408 g/mol. The Morgan fingerprint density at radius 2 is 2.00 bits per heavy atom. The van der Waals surface area contributed by atoms with E-state index < -0.39 is 0 Å². The summed E-state index contributed by atoms with van der Waals surface area (Å²) in [6.07, 6.45) is 2.58. The molecule has 2 aromatic heterocycles. The molecule has 0 aliphatic carbocycles. The van der Waals surface area contributed by atoms with Gasteiger partial charge in [-0.1, -0.05) is 29.4 Å². The molecule has 158 valence electrons. The second-order valence-corrected chi connectivity index (χ2v) is 7.76. The summed E-state index contributed by atoms with van der Waals surface area (Å²) in [5.41, 5.74) is 2.17. The Hall–Kier alpha value is -2.84. The summed E-state index contributed by atoms with van der Waals surface area (Å²) in [7, 11) is 0. The second-order valence-electron chi connectivity index (χ2n) is 7.76. The number of hydrogen-bond acceptors (Lipinski definition) is 7. The Kier molecular flexibility index (Phi) is 6.35. The predicted octanol–water partition coefficient (Wildman–Crippen LogP) is 1.96.